The van der Waals surface area contributed by atoms with Gasteiger partial charge in [0.1, 0.15) is 5.75 Å². The molecule has 7 heteroatoms. The number of halogens is 1. The van der Waals surface area contributed by atoms with Crippen molar-refractivity contribution in [2.75, 3.05) is 0 Å². The molecule has 1 amide bonds. The monoisotopic (exact) mass is 357 g/mol. The number of rotatable bonds is 4. The first-order valence-corrected chi connectivity index (χ1v) is 8.01. The fraction of sp³-hybridized carbons (Fsp3) is 0.167. The maximum absolute atomic E-state index is 12.2. The SMILES string of the molecule is Cc1cc(Cl)ccc1O[C@@H](C)C(=O)N=Nc1c(O)[nH]c2ccccc12. The number of fused-ring (bicyclic) bond motifs is 1. The lowest BCUT2D eigenvalue weighted by Gasteiger charge is -2.13. The van der Waals surface area contributed by atoms with Crippen molar-refractivity contribution in [1.82, 2.24) is 4.98 Å². The first kappa shape index (κ1) is 17.0. The van der Waals surface area contributed by atoms with Gasteiger partial charge in [0.2, 0.25) is 5.88 Å². The molecular weight excluding hydrogens is 342 g/mol. The number of carbonyl (C=O) groups excluding carboxylic acids is 1. The number of amides is 1. The molecule has 0 saturated carbocycles. The number of para-hydroxylation sites is 1. The van der Waals surface area contributed by atoms with E-state index in [4.69, 9.17) is 16.3 Å². The van der Waals surface area contributed by atoms with Crippen LogP contribution in [0.25, 0.3) is 10.9 Å². The van der Waals surface area contributed by atoms with Crippen molar-refractivity contribution in [1.29, 1.82) is 0 Å². The van der Waals surface area contributed by atoms with Crippen molar-refractivity contribution < 1.29 is 14.6 Å². The number of H-pyrrole nitrogens is 1. The number of aryl methyl sites for hydroxylation is 1. The molecular formula is C18H16ClN3O3. The van der Waals surface area contributed by atoms with Crippen LogP contribution in [0.15, 0.2) is 52.7 Å². The van der Waals surface area contributed by atoms with Gasteiger partial charge in [-0.1, -0.05) is 29.8 Å². The van der Waals surface area contributed by atoms with E-state index in [1.54, 1.807) is 37.3 Å². The third-order valence-electron chi connectivity index (χ3n) is 3.70. The predicted molar refractivity (Wildman–Crippen MR) is 95.8 cm³/mol. The third kappa shape index (κ3) is 3.64. The third-order valence-corrected chi connectivity index (χ3v) is 3.93. The molecule has 25 heavy (non-hydrogen) atoms. The molecule has 128 valence electrons. The van der Waals surface area contributed by atoms with Crippen molar-refractivity contribution in [2.24, 2.45) is 10.2 Å². The van der Waals surface area contributed by atoms with Crippen LogP contribution < -0.4 is 4.74 Å². The second kappa shape index (κ2) is 6.94. The smallest absolute Gasteiger partial charge is 0.304 e. The zero-order valence-electron chi connectivity index (χ0n) is 13.7. The highest BCUT2D eigenvalue weighted by Crippen LogP contribution is 2.35. The molecule has 6 nitrogen and oxygen atoms in total. The highest BCUT2D eigenvalue weighted by atomic mass is 35.5. The minimum absolute atomic E-state index is 0.139. The molecule has 0 aliphatic rings. The Morgan fingerprint density at radius 2 is 2.04 bits per heavy atom. The predicted octanol–water partition coefficient (Wildman–Crippen LogP) is 4.91. The summed E-state index contributed by atoms with van der Waals surface area (Å²) in [6.07, 6.45) is -0.823. The topological polar surface area (TPSA) is 87.0 Å². The minimum atomic E-state index is -0.823. The molecule has 3 rings (SSSR count). The summed E-state index contributed by atoms with van der Waals surface area (Å²) < 4.78 is 5.62. The number of azo groups is 1. The molecule has 1 atom stereocenters. The van der Waals surface area contributed by atoms with E-state index in [2.05, 4.69) is 15.2 Å². The Labute approximate surface area is 149 Å². The zero-order chi connectivity index (χ0) is 18.0. The van der Waals surface area contributed by atoms with Crippen LogP contribution in [0.1, 0.15) is 12.5 Å². The highest BCUT2D eigenvalue weighted by molar-refractivity contribution is 6.30. The lowest BCUT2D eigenvalue weighted by atomic mass is 10.2. The van der Waals surface area contributed by atoms with Gasteiger partial charge in [-0.15, -0.1) is 10.2 Å². The summed E-state index contributed by atoms with van der Waals surface area (Å²) in [6.45, 7) is 3.42. The summed E-state index contributed by atoms with van der Waals surface area (Å²) in [5.74, 6) is -0.144. The summed E-state index contributed by atoms with van der Waals surface area (Å²) in [5, 5.41) is 18.8. The zero-order valence-corrected chi connectivity index (χ0v) is 14.4. The van der Waals surface area contributed by atoms with Crippen molar-refractivity contribution in [3.05, 3.63) is 53.1 Å². The van der Waals surface area contributed by atoms with Gasteiger partial charge in [0.15, 0.2) is 11.8 Å². The molecule has 3 aromatic rings. The Morgan fingerprint density at radius 1 is 1.28 bits per heavy atom. The van der Waals surface area contributed by atoms with Crippen LogP contribution >= 0.6 is 11.6 Å². The van der Waals surface area contributed by atoms with Gasteiger partial charge in [0.25, 0.3) is 0 Å². The molecule has 0 aliphatic carbocycles. The summed E-state index contributed by atoms with van der Waals surface area (Å²) in [4.78, 5) is 14.9. The molecule has 0 bridgehead atoms. The molecule has 0 saturated heterocycles. The fourth-order valence-corrected chi connectivity index (χ4v) is 2.61. The molecule has 0 aliphatic heterocycles. The van der Waals surface area contributed by atoms with E-state index < -0.39 is 12.0 Å². The summed E-state index contributed by atoms with van der Waals surface area (Å²) in [6, 6.07) is 12.3. The van der Waals surface area contributed by atoms with Gasteiger partial charge < -0.3 is 14.8 Å². The van der Waals surface area contributed by atoms with Crippen molar-refractivity contribution in [3.63, 3.8) is 0 Å². The van der Waals surface area contributed by atoms with Crippen LogP contribution in [0.5, 0.6) is 11.6 Å². The lowest BCUT2D eigenvalue weighted by molar-refractivity contribution is -0.124. The number of aromatic amines is 1. The number of hydrogen-bond acceptors (Lipinski definition) is 4. The largest absolute Gasteiger partial charge is 0.493 e. The second-order valence-corrected chi connectivity index (χ2v) is 6.01. The first-order valence-electron chi connectivity index (χ1n) is 7.64. The van der Waals surface area contributed by atoms with Gasteiger partial charge in [-0.2, -0.15) is 0 Å². The van der Waals surface area contributed by atoms with E-state index >= 15 is 0 Å². The number of nitrogens with zero attached hydrogens (tertiary/aromatic N) is 2. The van der Waals surface area contributed by atoms with Crippen LogP contribution in [-0.4, -0.2) is 22.1 Å². The highest BCUT2D eigenvalue weighted by Gasteiger charge is 2.17. The number of hydrogen-bond donors (Lipinski definition) is 2. The Hall–Kier alpha value is -2.86. The quantitative estimate of drug-likeness (QED) is 0.650. The number of aromatic hydroxyl groups is 1. The molecule has 1 aromatic heterocycles. The van der Waals surface area contributed by atoms with Crippen LogP contribution in [0.2, 0.25) is 5.02 Å². The van der Waals surface area contributed by atoms with Crippen LogP contribution in [-0.2, 0) is 4.79 Å². The van der Waals surface area contributed by atoms with E-state index in [-0.39, 0.29) is 11.6 Å². The Kier molecular flexibility index (Phi) is 4.72. The van der Waals surface area contributed by atoms with E-state index in [0.717, 1.165) is 5.56 Å². The van der Waals surface area contributed by atoms with Crippen LogP contribution in [0.4, 0.5) is 5.69 Å². The average molecular weight is 358 g/mol. The number of aromatic nitrogens is 1. The van der Waals surface area contributed by atoms with Gasteiger partial charge in [0, 0.05) is 10.4 Å². The summed E-state index contributed by atoms with van der Waals surface area (Å²) in [5.41, 5.74) is 1.75. The van der Waals surface area contributed by atoms with Gasteiger partial charge in [0.05, 0.1) is 5.52 Å². The molecule has 0 radical (unpaired) electrons. The van der Waals surface area contributed by atoms with Crippen molar-refractivity contribution in [2.45, 2.75) is 20.0 Å². The second-order valence-electron chi connectivity index (χ2n) is 5.58. The Bertz CT molecular complexity index is 965. The molecule has 1 heterocycles. The van der Waals surface area contributed by atoms with E-state index in [9.17, 15) is 9.90 Å². The number of nitrogens with one attached hydrogen (secondary N) is 1. The maximum Gasteiger partial charge on any atom is 0.304 e. The standard InChI is InChI=1S/C18H16ClN3O3/c1-10-9-12(19)7-8-15(10)25-11(2)17(23)22-21-16-13-5-3-4-6-14(13)20-18(16)24/h3-9,11,20,24H,1-2H3/t11-/m0/s1. The minimum Gasteiger partial charge on any atom is -0.493 e. The van der Waals surface area contributed by atoms with Gasteiger partial charge in [-0.25, -0.2) is 0 Å². The lowest BCUT2D eigenvalue weighted by Crippen LogP contribution is -2.21. The van der Waals surface area contributed by atoms with Crippen molar-refractivity contribution in [3.8, 4) is 11.6 Å². The molecule has 0 unspecified atom stereocenters. The summed E-state index contributed by atoms with van der Waals surface area (Å²) in [7, 11) is 0. The molecule has 2 aromatic carbocycles. The van der Waals surface area contributed by atoms with E-state index in [0.29, 0.717) is 21.7 Å². The summed E-state index contributed by atoms with van der Waals surface area (Å²) >= 11 is 5.90. The van der Waals surface area contributed by atoms with Gasteiger partial charge in [-0.05, 0) is 43.7 Å². The first-order chi connectivity index (χ1) is 12.0. The van der Waals surface area contributed by atoms with Gasteiger partial charge >= 0.3 is 5.91 Å². The van der Waals surface area contributed by atoms with Gasteiger partial charge in [-0.3, -0.25) is 4.79 Å². The number of carbonyl (C=O) groups is 1. The van der Waals surface area contributed by atoms with E-state index in [1.807, 2.05) is 19.1 Å². The fourth-order valence-electron chi connectivity index (χ4n) is 2.38. The normalized spacial score (nSPS) is 12.6. The van der Waals surface area contributed by atoms with Crippen LogP contribution in [0.3, 0.4) is 0 Å². The maximum atomic E-state index is 12.2. The molecule has 2 N–H and O–H groups in total. The Balaban J connectivity index is 1.76. The van der Waals surface area contributed by atoms with Crippen LogP contribution in [0, 0.1) is 6.92 Å². The molecule has 0 spiro atoms. The van der Waals surface area contributed by atoms with E-state index in [1.165, 1.54) is 0 Å². The number of benzene rings is 2. The number of ether oxygens (including phenoxy) is 1. The molecule has 0 fully saturated rings. The van der Waals surface area contributed by atoms with Crippen molar-refractivity contribution >= 4 is 34.1 Å². The average Bonchev–Trinajstić information content (AvgIpc) is 2.90. The Morgan fingerprint density at radius 3 is 2.80 bits per heavy atom.